The van der Waals surface area contributed by atoms with Crippen molar-refractivity contribution in [3.05, 3.63) is 18.0 Å². The third-order valence-electron chi connectivity index (χ3n) is 6.86. The van der Waals surface area contributed by atoms with E-state index in [1.165, 1.54) is 17.0 Å². The van der Waals surface area contributed by atoms with Crippen molar-refractivity contribution >= 4 is 21.5 Å². The predicted molar refractivity (Wildman–Crippen MR) is 112 cm³/mol. The number of β-amino-alcohol motifs (C(OH)–C–C–N with tert-alkyl or cyclic N) is 1. The van der Waals surface area contributed by atoms with Gasteiger partial charge in [0.1, 0.15) is 5.82 Å². The Morgan fingerprint density at radius 2 is 2.03 bits per heavy atom. The van der Waals surface area contributed by atoms with Crippen molar-refractivity contribution in [2.75, 3.05) is 50.9 Å². The number of hydrogen-bond donors (Lipinski definition) is 1. The highest BCUT2D eigenvalue weighted by Gasteiger charge is 2.42. The minimum Gasteiger partial charge on any atom is -0.387 e. The number of aromatic nitrogens is 4. The zero-order valence-electron chi connectivity index (χ0n) is 17.5. The van der Waals surface area contributed by atoms with Crippen molar-refractivity contribution in [2.45, 2.75) is 43.2 Å². The molecule has 2 aromatic rings. The molecule has 11 heteroatoms. The van der Waals surface area contributed by atoms with E-state index in [-0.39, 0.29) is 6.54 Å². The quantitative estimate of drug-likeness (QED) is 0.671. The standard InChI is InChI=1S/C19H29N7O3S/c1-23(12-19(27)8-9-25(13-19)30(2,28)29)15-10-24(11-15)17-7-6-16-20-21-18(26(16)22-17)14-4-3-5-14/h6-7,14-15,27H,3-5,8-13H2,1-2H3. The van der Waals surface area contributed by atoms with Crippen LogP contribution in [-0.4, -0.2) is 100 Å². The van der Waals surface area contributed by atoms with Crippen molar-refractivity contribution in [3.8, 4) is 0 Å². The SMILES string of the molecule is CN(CC1(O)CCN(S(C)(=O)=O)C1)C1CN(c2ccc3nnc(C4CCC4)n3n2)C1. The first-order valence-electron chi connectivity index (χ1n) is 10.6. The minimum absolute atomic E-state index is 0.169. The maximum atomic E-state index is 11.7. The lowest BCUT2D eigenvalue weighted by Gasteiger charge is -2.46. The van der Waals surface area contributed by atoms with Crippen LogP contribution in [-0.2, 0) is 10.0 Å². The average Bonchev–Trinajstić information content (AvgIpc) is 3.16. The number of fused-ring (bicyclic) bond motifs is 1. The number of nitrogens with zero attached hydrogens (tertiary/aromatic N) is 7. The van der Waals surface area contributed by atoms with Crippen molar-refractivity contribution in [3.63, 3.8) is 0 Å². The van der Waals surface area contributed by atoms with Gasteiger partial charge in [0.05, 0.1) is 11.9 Å². The van der Waals surface area contributed by atoms with Gasteiger partial charge in [-0.05, 0) is 38.4 Å². The molecule has 10 nitrogen and oxygen atoms in total. The Balaban J connectivity index is 1.21. The van der Waals surface area contributed by atoms with E-state index < -0.39 is 15.6 Å². The molecule has 0 radical (unpaired) electrons. The lowest BCUT2D eigenvalue weighted by Crippen LogP contribution is -2.61. The van der Waals surface area contributed by atoms with Crippen LogP contribution in [0.3, 0.4) is 0 Å². The van der Waals surface area contributed by atoms with E-state index in [1.54, 1.807) is 0 Å². The summed E-state index contributed by atoms with van der Waals surface area (Å²) in [6.07, 6.45) is 5.22. The molecule has 0 bridgehead atoms. The Labute approximate surface area is 176 Å². The van der Waals surface area contributed by atoms with Crippen molar-refractivity contribution in [1.29, 1.82) is 0 Å². The molecule has 1 atom stereocenters. The smallest absolute Gasteiger partial charge is 0.211 e. The first-order chi connectivity index (χ1) is 14.2. The Kier molecular flexibility index (Phi) is 4.77. The second-order valence-electron chi connectivity index (χ2n) is 9.19. The largest absolute Gasteiger partial charge is 0.387 e. The maximum absolute atomic E-state index is 11.7. The first-order valence-corrected chi connectivity index (χ1v) is 12.4. The summed E-state index contributed by atoms with van der Waals surface area (Å²) in [6, 6.07) is 4.25. The summed E-state index contributed by atoms with van der Waals surface area (Å²) in [6.45, 7) is 2.65. The first kappa shape index (κ1) is 20.1. The number of likely N-dealkylation sites (N-methyl/N-ethyl adjacent to an activating group) is 1. The molecule has 1 unspecified atom stereocenters. The molecular formula is C19H29N7O3S. The molecule has 164 valence electrons. The van der Waals surface area contributed by atoms with Gasteiger partial charge in [-0.3, -0.25) is 4.90 Å². The van der Waals surface area contributed by atoms with Gasteiger partial charge in [0.2, 0.25) is 10.0 Å². The van der Waals surface area contributed by atoms with Gasteiger partial charge in [-0.2, -0.15) is 8.82 Å². The van der Waals surface area contributed by atoms with Crippen LogP contribution >= 0.6 is 0 Å². The van der Waals surface area contributed by atoms with Crippen LogP contribution in [0, 0.1) is 0 Å². The van der Waals surface area contributed by atoms with Crippen molar-refractivity contribution in [1.82, 2.24) is 29.0 Å². The van der Waals surface area contributed by atoms with E-state index in [1.807, 2.05) is 23.7 Å². The van der Waals surface area contributed by atoms with Crippen LogP contribution in [0.4, 0.5) is 5.82 Å². The number of aliphatic hydroxyl groups is 1. The van der Waals surface area contributed by atoms with Gasteiger partial charge in [-0.25, -0.2) is 8.42 Å². The van der Waals surface area contributed by atoms with Gasteiger partial charge < -0.3 is 10.0 Å². The van der Waals surface area contributed by atoms with E-state index in [0.29, 0.717) is 31.5 Å². The summed E-state index contributed by atoms with van der Waals surface area (Å²) in [5.41, 5.74) is -0.205. The van der Waals surface area contributed by atoms with Crippen molar-refractivity contribution in [2.24, 2.45) is 0 Å². The molecule has 0 amide bonds. The van der Waals surface area contributed by atoms with Crippen LogP contribution in [0.2, 0.25) is 0 Å². The van der Waals surface area contributed by atoms with E-state index in [2.05, 4.69) is 20.0 Å². The summed E-state index contributed by atoms with van der Waals surface area (Å²) in [5, 5.41) is 24.2. The fraction of sp³-hybridized carbons (Fsp3) is 0.737. The molecule has 30 heavy (non-hydrogen) atoms. The zero-order valence-corrected chi connectivity index (χ0v) is 18.3. The number of rotatable bonds is 6. The maximum Gasteiger partial charge on any atom is 0.211 e. The van der Waals surface area contributed by atoms with Gasteiger partial charge >= 0.3 is 0 Å². The van der Waals surface area contributed by atoms with Gasteiger partial charge in [-0.1, -0.05) is 6.42 Å². The topological polar surface area (TPSA) is 107 Å². The molecule has 2 aliphatic heterocycles. The summed E-state index contributed by atoms with van der Waals surface area (Å²) in [5.74, 6) is 2.35. The number of hydrogen-bond acceptors (Lipinski definition) is 8. The predicted octanol–water partition coefficient (Wildman–Crippen LogP) is -0.0914. The number of sulfonamides is 1. The molecule has 0 spiro atoms. The summed E-state index contributed by atoms with van der Waals surface area (Å²) >= 11 is 0. The second-order valence-corrected chi connectivity index (χ2v) is 11.2. The zero-order chi connectivity index (χ0) is 21.1. The molecule has 3 fully saturated rings. The van der Waals surface area contributed by atoms with Crippen LogP contribution in [0.1, 0.15) is 37.4 Å². The molecule has 2 aromatic heterocycles. The molecule has 5 rings (SSSR count). The molecule has 1 aliphatic carbocycles. The highest BCUT2D eigenvalue weighted by atomic mass is 32.2. The summed E-state index contributed by atoms with van der Waals surface area (Å²) in [4.78, 5) is 4.35. The Bertz CT molecular complexity index is 1050. The molecule has 3 aliphatic rings. The average molecular weight is 436 g/mol. The molecule has 4 heterocycles. The Morgan fingerprint density at radius 3 is 2.67 bits per heavy atom. The van der Waals surface area contributed by atoms with E-state index >= 15 is 0 Å². The van der Waals surface area contributed by atoms with Crippen LogP contribution in [0.15, 0.2) is 12.1 Å². The fourth-order valence-electron chi connectivity index (χ4n) is 4.63. The van der Waals surface area contributed by atoms with Gasteiger partial charge in [0.15, 0.2) is 11.5 Å². The minimum atomic E-state index is -3.26. The summed E-state index contributed by atoms with van der Waals surface area (Å²) in [7, 11) is -1.27. The fourth-order valence-corrected chi connectivity index (χ4v) is 5.53. The normalized spacial score (nSPS) is 26.5. The second kappa shape index (κ2) is 7.11. The lowest BCUT2D eigenvalue weighted by atomic mass is 9.85. The van der Waals surface area contributed by atoms with Gasteiger partial charge in [0, 0.05) is 44.7 Å². The molecular weight excluding hydrogens is 406 g/mol. The number of anilines is 1. The Hall–Kier alpha value is -1.82. The highest BCUT2D eigenvalue weighted by molar-refractivity contribution is 7.88. The van der Waals surface area contributed by atoms with E-state index in [4.69, 9.17) is 5.10 Å². The van der Waals surface area contributed by atoms with Gasteiger partial charge in [0.25, 0.3) is 0 Å². The van der Waals surface area contributed by atoms with E-state index in [0.717, 1.165) is 43.2 Å². The summed E-state index contributed by atoms with van der Waals surface area (Å²) < 4.78 is 26.7. The van der Waals surface area contributed by atoms with Crippen LogP contribution in [0.25, 0.3) is 5.65 Å². The highest BCUT2D eigenvalue weighted by Crippen LogP contribution is 2.35. The monoisotopic (exact) mass is 435 g/mol. The third-order valence-corrected chi connectivity index (χ3v) is 8.11. The van der Waals surface area contributed by atoms with E-state index in [9.17, 15) is 13.5 Å². The third kappa shape index (κ3) is 3.57. The molecule has 1 saturated carbocycles. The Morgan fingerprint density at radius 1 is 1.27 bits per heavy atom. The molecule has 1 N–H and O–H groups in total. The van der Waals surface area contributed by atoms with Gasteiger partial charge in [-0.15, -0.1) is 15.3 Å². The molecule has 2 saturated heterocycles. The van der Waals surface area contributed by atoms with Crippen molar-refractivity contribution < 1.29 is 13.5 Å². The molecule has 0 aromatic carbocycles. The van der Waals surface area contributed by atoms with Crippen LogP contribution in [0.5, 0.6) is 0 Å². The lowest BCUT2D eigenvalue weighted by molar-refractivity contribution is 0.00864. The van der Waals surface area contributed by atoms with Crippen LogP contribution < -0.4 is 4.90 Å².